The molecule has 2 nitrogen and oxygen atoms in total. The quantitative estimate of drug-likeness (QED) is 0.224. The third kappa shape index (κ3) is 18.6. The van der Waals surface area contributed by atoms with E-state index in [0.717, 1.165) is 0 Å². The Bertz CT molecular complexity index is 378. The summed E-state index contributed by atoms with van der Waals surface area (Å²) in [7, 11) is -3.46. The molecule has 0 aromatic carbocycles. The molecule has 0 amide bonds. The van der Waals surface area contributed by atoms with Gasteiger partial charge in [-0.3, -0.25) is 0 Å². The zero-order valence-electron chi connectivity index (χ0n) is 19.4. The van der Waals surface area contributed by atoms with E-state index in [4.69, 9.17) is 8.42 Å². The second kappa shape index (κ2) is 12.1. The summed E-state index contributed by atoms with van der Waals surface area (Å²) in [5, 5.41) is 0.802. The Hall–Kier alpha value is 1.47. The van der Waals surface area contributed by atoms with Gasteiger partial charge in [0.15, 0.2) is 8.24 Å². The molecule has 0 rings (SSSR count). The summed E-state index contributed by atoms with van der Waals surface area (Å²) >= 11 is 0. The summed E-state index contributed by atoms with van der Waals surface area (Å²) in [6.07, 6.45) is 2.00. The molecule has 25 heavy (non-hydrogen) atoms. The molecule has 0 radical (unpaired) electrons. The number of hydrogen-bond donors (Lipinski definition) is 0. The van der Waals surface area contributed by atoms with E-state index in [1.54, 1.807) is 0 Å². The molecule has 0 aromatic rings. The fourth-order valence-electron chi connectivity index (χ4n) is 2.40. The van der Waals surface area contributed by atoms with Gasteiger partial charge in [0.2, 0.25) is 0 Å². The van der Waals surface area contributed by atoms with Crippen molar-refractivity contribution in [3.8, 4) is 0 Å². The van der Waals surface area contributed by atoms with E-state index in [-0.39, 0.29) is 27.4 Å². The normalized spacial score (nSPS) is 14.7. The summed E-state index contributed by atoms with van der Waals surface area (Å²) in [5.74, 6) is 0. The van der Waals surface area contributed by atoms with Crippen molar-refractivity contribution in [2.45, 2.75) is 105 Å². The maximum Gasteiger partial charge on any atom is 2.00 e. The van der Waals surface area contributed by atoms with Gasteiger partial charge in [-0.1, -0.05) is 27.9 Å². The fourth-order valence-corrected chi connectivity index (χ4v) is 16.4. The van der Waals surface area contributed by atoms with E-state index in [0.29, 0.717) is 10.3 Å². The largest absolute Gasteiger partial charge is 2.00 e. The Morgan fingerprint density at radius 3 is 1.40 bits per heavy atom. The van der Waals surface area contributed by atoms with Crippen molar-refractivity contribution < 1.29 is 16.5 Å². The van der Waals surface area contributed by atoms with Crippen LogP contribution in [0, 0.1) is 6.42 Å². The van der Waals surface area contributed by atoms with Gasteiger partial charge in [-0.05, 0) is 61.2 Å². The molecule has 0 bridgehead atoms. The van der Waals surface area contributed by atoms with Crippen LogP contribution in [0.15, 0.2) is 4.03 Å². The van der Waals surface area contributed by atoms with Gasteiger partial charge in [-0.2, -0.15) is 24.7 Å². The molecule has 1 unspecified atom stereocenters. The molecule has 0 saturated heterocycles. The van der Waals surface area contributed by atoms with Crippen molar-refractivity contribution in [2.24, 2.45) is 4.03 Å². The van der Waals surface area contributed by atoms with Crippen molar-refractivity contribution >= 4 is 35.3 Å². The van der Waals surface area contributed by atoms with Gasteiger partial charge >= 0.3 is 16.5 Å². The number of hydrogen-bond acceptors (Lipinski definition) is 1. The van der Waals surface area contributed by atoms with Crippen LogP contribution in [0.25, 0.3) is 4.39 Å². The van der Waals surface area contributed by atoms with Gasteiger partial charge in [0.1, 0.15) is 0 Å². The average Bonchev–Trinajstić information content (AvgIpc) is 2.18. The minimum atomic E-state index is -1.42. The standard InChI is InChI=1S/C15H38N2PSSi2.C3H7.Ni/c1-14(2,3)18(15(4,5)6)13-19(16-20(7,8)9)17-21(10,11)12;1-3-2;/h13H2,1-12H3;3H,1-2H3;/q2*-1;+2/p+1. The van der Waals surface area contributed by atoms with Crippen LogP contribution in [0.1, 0.15) is 55.4 Å². The molecule has 7 heteroatoms. The molecule has 0 N–H and O–H groups in total. The predicted octanol–water partition coefficient (Wildman–Crippen LogP) is 7.74. The molecule has 0 spiro atoms. The van der Waals surface area contributed by atoms with Crippen molar-refractivity contribution in [1.29, 1.82) is 0 Å². The first kappa shape index (κ1) is 31.2. The molecule has 1 atom stereocenters. The number of rotatable bonds is 5. The Balaban J connectivity index is -0.00000112. The van der Waals surface area contributed by atoms with Gasteiger partial charge in [-0.25, -0.2) is 0 Å². The Labute approximate surface area is 176 Å². The van der Waals surface area contributed by atoms with Crippen LogP contribution in [0.5, 0.6) is 0 Å². The summed E-state index contributed by atoms with van der Waals surface area (Å²) in [4.78, 5) is 0. The summed E-state index contributed by atoms with van der Waals surface area (Å²) in [5.41, 5.74) is 1.23. The van der Waals surface area contributed by atoms with Crippen LogP contribution in [-0.2, 0) is 27.4 Å². The van der Waals surface area contributed by atoms with Crippen molar-refractivity contribution in [3.05, 3.63) is 10.8 Å². The smallest absolute Gasteiger partial charge is 0.595 e. The zero-order chi connectivity index (χ0) is 20.0. The molecular weight excluding hydrogens is 422 g/mol. The predicted molar refractivity (Wildman–Crippen MR) is 128 cm³/mol. The van der Waals surface area contributed by atoms with Crippen molar-refractivity contribution in [2.75, 3.05) is 5.49 Å². The molecule has 0 aliphatic carbocycles. The monoisotopic (exact) mass is 467 g/mol. The topological polar surface area (TPSA) is 26.5 Å². The van der Waals surface area contributed by atoms with Crippen LogP contribution in [-0.4, -0.2) is 32.3 Å². The Morgan fingerprint density at radius 2 is 1.20 bits per heavy atom. The summed E-state index contributed by atoms with van der Waals surface area (Å²) < 4.78 is 10.4. The van der Waals surface area contributed by atoms with Gasteiger partial charge in [0.25, 0.3) is 0 Å². The second-order valence-corrected chi connectivity index (χ2v) is 26.5. The molecule has 0 fully saturated rings. The van der Waals surface area contributed by atoms with E-state index in [2.05, 4.69) is 80.8 Å². The molecule has 0 aliphatic heterocycles. The first-order chi connectivity index (χ1) is 10.3. The molecular formula is C18H46N2NiPSSi2+. The Morgan fingerprint density at radius 1 is 0.880 bits per heavy atom. The number of nitrogens with zero attached hydrogens (tertiary/aromatic N) is 2. The molecule has 0 heterocycles. The minimum Gasteiger partial charge on any atom is -0.595 e. The van der Waals surface area contributed by atoms with Crippen LogP contribution in [0.4, 0.5) is 0 Å². The van der Waals surface area contributed by atoms with E-state index in [1.165, 1.54) is 5.49 Å². The third-order valence-corrected chi connectivity index (χ3v) is 14.7. The second-order valence-electron chi connectivity index (χ2n) is 10.6. The van der Waals surface area contributed by atoms with E-state index in [9.17, 15) is 0 Å². The van der Waals surface area contributed by atoms with Gasteiger partial charge in [0, 0.05) is 7.92 Å². The maximum atomic E-state index is 5.22. The maximum absolute atomic E-state index is 5.22. The Kier molecular flexibility index (Phi) is 15.1. The summed E-state index contributed by atoms with van der Waals surface area (Å²) in [6, 6.07) is 0. The minimum absolute atomic E-state index is 0. The molecule has 156 valence electrons. The SMILES string of the molecule is CC(C)(C)[PH+](CS(=N[Si](C)(C)C)[N-][Si](C)(C)C)C(C)(C)C.C[CH-]C.[Ni+2]. The first-order valence-corrected chi connectivity index (χ1v) is 19.0. The van der Waals surface area contributed by atoms with E-state index in [1.807, 2.05) is 20.3 Å². The van der Waals surface area contributed by atoms with Crippen LogP contribution in [0.3, 0.4) is 0 Å². The first-order valence-electron chi connectivity index (χ1n) is 9.11. The van der Waals surface area contributed by atoms with Crippen molar-refractivity contribution in [3.63, 3.8) is 0 Å². The summed E-state index contributed by atoms with van der Waals surface area (Å²) in [6.45, 7) is 32.5. The van der Waals surface area contributed by atoms with E-state index >= 15 is 0 Å². The van der Waals surface area contributed by atoms with Crippen LogP contribution >= 0.6 is 7.92 Å². The zero-order valence-corrected chi connectivity index (χ0v) is 24.2. The van der Waals surface area contributed by atoms with Gasteiger partial charge in [0.05, 0.1) is 15.8 Å². The fraction of sp³-hybridized carbons (Fsp3) is 0.944. The molecule has 0 aliphatic rings. The van der Waals surface area contributed by atoms with Crippen molar-refractivity contribution in [1.82, 2.24) is 0 Å². The third-order valence-electron chi connectivity index (χ3n) is 2.84. The van der Waals surface area contributed by atoms with E-state index < -0.39 is 24.4 Å². The average molecular weight is 468 g/mol. The molecule has 0 saturated carbocycles. The van der Waals surface area contributed by atoms with Crippen LogP contribution in [0.2, 0.25) is 39.3 Å². The van der Waals surface area contributed by atoms with Gasteiger partial charge < -0.3 is 14.8 Å². The van der Waals surface area contributed by atoms with Crippen LogP contribution < -0.4 is 0 Å². The molecule has 0 aromatic heterocycles. The van der Waals surface area contributed by atoms with Gasteiger partial charge in [-0.15, -0.1) is 0 Å².